The molecule has 2 aromatic rings. The third-order valence-corrected chi connectivity index (χ3v) is 2.52. The summed E-state index contributed by atoms with van der Waals surface area (Å²) < 4.78 is 26.2. The van der Waals surface area contributed by atoms with Crippen molar-refractivity contribution in [1.82, 2.24) is 0 Å². The summed E-state index contributed by atoms with van der Waals surface area (Å²) in [5, 5.41) is 8.50. The minimum atomic E-state index is -1.03. The highest BCUT2D eigenvalue weighted by Crippen LogP contribution is 2.22. The van der Waals surface area contributed by atoms with Crippen molar-refractivity contribution in [2.75, 3.05) is 0 Å². The van der Waals surface area contributed by atoms with Crippen LogP contribution in [0.15, 0.2) is 48.5 Å². The van der Waals surface area contributed by atoms with Gasteiger partial charge in [0.15, 0.2) is 0 Å². The smallest absolute Gasteiger partial charge is 0.328 e. The second kappa shape index (κ2) is 5.44. The number of benzene rings is 2. The summed E-state index contributed by atoms with van der Waals surface area (Å²) in [6, 6.07) is 10.0. The van der Waals surface area contributed by atoms with Crippen molar-refractivity contribution in [1.29, 1.82) is 0 Å². The minimum Gasteiger partial charge on any atom is -0.478 e. The molecule has 0 amide bonds. The van der Waals surface area contributed by atoms with Crippen LogP contribution in [-0.2, 0) is 4.79 Å². The summed E-state index contributed by atoms with van der Waals surface area (Å²) >= 11 is 0. The number of carboxylic acids is 1. The van der Waals surface area contributed by atoms with Gasteiger partial charge in [-0.25, -0.2) is 13.6 Å². The van der Waals surface area contributed by atoms with E-state index in [1.807, 2.05) is 0 Å². The van der Waals surface area contributed by atoms with Crippen molar-refractivity contribution >= 4 is 12.0 Å². The first-order chi connectivity index (χ1) is 9.04. The number of rotatable bonds is 3. The van der Waals surface area contributed by atoms with Crippen molar-refractivity contribution in [2.24, 2.45) is 0 Å². The standard InChI is InChI=1S/C15H10F2O2/c16-13-7-12(8-14(17)9-13)11-4-1-10(2-5-11)3-6-15(18)19/h1-9H,(H,18,19)/b6-3+. The predicted octanol–water partition coefficient (Wildman–Crippen LogP) is 3.73. The van der Waals surface area contributed by atoms with Crippen molar-refractivity contribution in [3.8, 4) is 11.1 Å². The molecule has 0 saturated heterocycles. The zero-order valence-corrected chi connectivity index (χ0v) is 9.81. The van der Waals surface area contributed by atoms with Crippen LogP contribution in [-0.4, -0.2) is 11.1 Å². The zero-order chi connectivity index (χ0) is 13.8. The fourth-order valence-corrected chi connectivity index (χ4v) is 1.67. The summed E-state index contributed by atoms with van der Waals surface area (Å²) in [6.07, 6.45) is 2.47. The Morgan fingerprint density at radius 3 is 2.05 bits per heavy atom. The molecule has 2 nitrogen and oxygen atoms in total. The Balaban J connectivity index is 2.29. The Bertz CT molecular complexity index is 611. The lowest BCUT2D eigenvalue weighted by Crippen LogP contribution is -1.86. The van der Waals surface area contributed by atoms with Crippen LogP contribution in [0, 0.1) is 11.6 Å². The maximum Gasteiger partial charge on any atom is 0.328 e. The van der Waals surface area contributed by atoms with E-state index in [2.05, 4.69) is 0 Å². The van der Waals surface area contributed by atoms with Gasteiger partial charge in [-0.05, 0) is 34.9 Å². The van der Waals surface area contributed by atoms with Gasteiger partial charge in [0.25, 0.3) is 0 Å². The maximum absolute atomic E-state index is 13.1. The lowest BCUT2D eigenvalue weighted by Gasteiger charge is -2.03. The fraction of sp³-hybridized carbons (Fsp3) is 0. The van der Waals surface area contributed by atoms with Crippen molar-refractivity contribution in [3.63, 3.8) is 0 Å². The number of aliphatic carboxylic acids is 1. The van der Waals surface area contributed by atoms with E-state index in [4.69, 9.17) is 5.11 Å². The van der Waals surface area contributed by atoms with Crippen LogP contribution in [0.3, 0.4) is 0 Å². The maximum atomic E-state index is 13.1. The van der Waals surface area contributed by atoms with E-state index in [9.17, 15) is 13.6 Å². The molecule has 2 rings (SSSR count). The molecule has 0 fully saturated rings. The van der Waals surface area contributed by atoms with Crippen molar-refractivity contribution in [3.05, 3.63) is 65.7 Å². The van der Waals surface area contributed by atoms with Crippen LogP contribution < -0.4 is 0 Å². The topological polar surface area (TPSA) is 37.3 Å². The normalized spacial score (nSPS) is 10.8. The lowest BCUT2D eigenvalue weighted by molar-refractivity contribution is -0.131. The van der Waals surface area contributed by atoms with Gasteiger partial charge in [0.1, 0.15) is 11.6 Å². The second-order valence-corrected chi connectivity index (χ2v) is 3.95. The molecule has 0 radical (unpaired) electrons. The average molecular weight is 260 g/mol. The van der Waals surface area contributed by atoms with E-state index in [-0.39, 0.29) is 0 Å². The van der Waals surface area contributed by atoms with Gasteiger partial charge < -0.3 is 5.11 Å². The monoisotopic (exact) mass is 260 g/mol. The Morgan fingerprint density at radius 1 is 0.947 bits per heavy atom. The molecule has 2 aromatic carbocycles. The molecule has 96 valence electrons. The zero-order valence-electron chi connectivity index (χ0n) is 9.81. The molecule has 0 unspecified atom stereocenters. The second-order valence-electron chi connectivity index (χ2n) is 3.95. The van der Waals surface area contributed by atoms with E-state index < -0.39 is 17.6 Å². The molecular weight excluding hydrogens is 250 g/mol. The van der Waals surface area contributed by atoms with E-state index in [0.29, 0.717) is 16.7 Å². The first kappa shape index (κ1) is 13.0. The quantitative estimate of drug-likeness (QED) is 0.854. The Kier molecular flexibility index (Phi) is 3.71. The first-order valence-corrected chi connectivity index (χ1v) is 5.52. The first-order valence-electron chi connectivity index (χ1n) is 5.52. The van der Waals surface area contributed by atoms with Crippen LogP contribution in [0.4, 0.5) is 8.78 Å². The SMILES string of the molecule is O=C(O)/C=C/c1ccc(-c2cc(F)cc(F)c2)cc1. The summed E-state index contributed by atoms with van der Waals surface area (Å²) in [6.45, 7) is 0. The number of carbonyl (C=O) groups is 1. The van der Waals surface area contributed by atoms with E-state index in [1.165, 1.54) is 18.2 Å². The highest BCUT2D eigenvalue weighted by atomic mass is 19.1. The third-order valence-electron chi connectivity index (χ3n) is 2.52. The largest absolute Gasteiger partial charge is 0.478 e. The molecule has 0 bridgehead atoms. The van der Waals surface area contributed by atoms with Gasteiger partial charge in [-0.1, -0.05) is 24.3 Å². The van der Waals surface area contributed by atoms with E-state index in [1.54, 1.807) is 24.3 Å². The molecule has 0 aliphatic rings. The van der Waals surface area contributed by atoms with Crippen LogP contribution in [0.25, 0.3) is 17.2 Å². The van der Waals surface area contributed by atoms with Crippen LogP contribution in [0.5, 0.6) is 0 Å². The molecule has 0 heterocycles. The van der Waals surface area contributed by atoms with Crippen LogP contribution >= 0.6 is 0 Å². The van der Waals surface area contributed by atoms with Gasteiger partial charge in [0, 0.05) is 12.1 Å². The van der Waals surface area contributed by atoms with Crippen LogP contribution in [0.2, 0.25) is 0 Å². The Hall–Kier alpha value is -2.49. The Labute approximate surface area is 108 Å². The molecule has 4 heteroatoms. The van der Waals surface area contributed by atoms with Gasteiger partial charge in [-0.15, -0.1) is 0 Å². The van der Waals surface area contributed by atoms with E-state index >= 15 is 0 Å². The summed E-state index contributed by atoms with van der Waals surface area (Å²) in [5.41, 5.74) is 1.79. The Morgan fingerprint density at radius 2 is 1.53 bits per heavy atom. The van der Waals surface area contributed by atoms with Gasteiger partial charge >= 0.3 is 5.97 Å². The molecule has 1 N–H and O–H groups in total. The van der Waals surface area contributed by atoms with Gasteiger partial charge in [-0.3, -0.25) is 0 Å². The predicted molar refractivity (Wildman–Crippen MR) is 68.5 cm³/mol. The number of hydrogen-bond acceptors (Lipinski definition) is 1. The van der Waals surface area contributed by atoms with Crippen molar-refractivity contribution in [2.45, 2.75) is 0 Å². The molecule has 0 atom stereocenters. The molecule has 0 aliphatic carbocycles. The minimum absolute atomic E-state index is 0.436. The van der Waals surface area contributed by atoms with Crippen LogP contribution in [0.1, 0.15) is 5.56 Å². The third kappa shape index (κ3) is 3.48. The summed E-state index contributed by atoms with van der Waals surface area (Å²) in [7, 11) is 0. The molecule has 0 aliphatic heterocycles. The van der Waals surface area contributed by atoms with Crippen molar-refractivity contribution < 1.29 is 18.7 Å². The average Bonchev–Trinajstić information content (AvgIpc) is 2.36. The number of hydrogen-bond donors (Lipinski definition) is 1. The molecule has 0 saturated carbocycles. The highest BCUT2D eigenvalue weighted by molar-refractivity contribution is 5.85. The lowest BCUT2D eigenvalue weighted by atomic mass is 10.0. The molecule has 0 spiro atoms. The van der Waals surface area contributed by atoms with Gasteiger partial charge in [0.05, 0.1) is 0 Å². The summed E-state index contributed by atoms with van der Waals surface area (Å²) in [5.74, 6) is -2.30. The molecular formula is C15H10F2O2. The molecule has 19 heavy (non-hydrogen) atoms. The van der Waals surface area contributed by atoms with Gasteiger partial charge in [0.2, 0.25) is 0 Å². The van der Waals surface area contributed by atoms with E-state index in [0.717, 1.165) is 12.1 Å². The summed E-state index contributed by atoms with van der Waals surface area (Å²) in [4.78, 5) is 10.4. The highest BCUT2D eigenvalue weighted by Gasteiger charge is 2.03. The number of halogens is 2. The fourth-order valence-electron chi connectivity index (χ4n) is 1.67. The number of carboxylic acid groups (broad SMARTS) is 1. The molecule has 0 aromatic heterocycles. The van der Waals surface area contributed by atoms with Gasteiger partial charge in [-0.2, -0.15) is 0 Å².